The van der Waals surface area contributed by atoms with Crippen molar-refractivity contribution in [2.75, 3.05) is 23.4 Å². The van der Waals surface area contributed by atoms with Crippen molar-refractivity contribution < 1.29 is 24.7 Å². The number of fused-ring (bicyclic) bond motifs is 1. The minimum absolute atomic E-state index is 0.0907. The number of nitro benzene ring substituents is 1. The van der Waals surface area contributed by atoms with E-state index in [0.717, 1.165) is 30.5 Å². The van der Waals surface area contributed by atoms with Crippen LogP contribution in [0.1, 0.15) is 54.5 Å². The average molecular weight is 666 g/mol. The Labute approximate surface area is 283 Å². The van der Waals surface area contributed by atoms with Gasteiger partial charge in [-0.3, -0.25) is 24.4 Å². The average Bonchev–Trinajstić information content (AvgIpc) is 3.87. The lowest BCUT2D eigenvalue weighted by Gasteiger charge is -2.27. The van der Waals surface area contributed by atoms with Gasteiger partial charge in [0.2, 0.25) is 5.91 Å². The van der Waals surface area contributed by atoms with E-state index in [2.05, 4.69) is 20.9 Å². The van der Waals surface area contributed by atoms with Crippen LogP contribution < -0.4 is 15.5 Å². The molecule has 0 bridgehead atoms. The lowest BCUT2D eigenvalue weighted by Crippen LogP contribution is -2.44. The molecule has 0 spiro atoms. The minimum Gasteiger partial charge on any atom is -0.395 e. The lowest BCUT2D eigenvalue weighted by molar-refractivity contribution is -0.385. The Bertz CT molecular complexity index is 1840. The van der Waals surface area contributed by atoms with Gasteiger partial charge >= 0.3 is 0 Å². The maximum Gasteiger partial charge on any atom is 0.269 e. The number of nitrogens with one attached hydrogen (secondary N) is 2. The van der Waals surface area contributed by atoms with Crippen molar-refractivity contribution in [2.24, 2.45) is 5.92 Å². The zero-order valence-electron chi connectivity index (χ0n) is 27.1. The molecule has 2 aliphatic heterocycles. The van der Waals surface area contributed by atoms with Crippen LogP contribution in [-0.2, 0) is 28.3 Å². The van der Waals surface area contributed by atoms with Crippen LogP contribution in [0.2, 0.25) is 0 Å². The van der Waals surface area contributed by atoms with E-state index in [1.165, 1.54) is 23.1 Å². The Kier molecular flexibility index (Phi) is 9.95. The fourth-order valence-corrected chi connectivity index (χ4v) is 6.50. The first-order valence-corrected chi connectivity index (χ1v) is 16.4. The topological polar surface area (TPSA) is 176 Å². The highest BCUT2D eigenvalue weighted by atomic mass is 16.6. The number of hydrogen-bond acceptors (Lipinski definition) is 9. The van der Waals surface area contributed by atoms with E-state index in [9.17, 15) is 29.9 Å². The van der Waals surface area contributed by atoms with Crippen molar-refractivity contribution in [2.45, 2.75) is 56.8 Å². The minimum atomic E-state index is -2.04. The van der Waals surface area contributed by atoms with Gasteiger partial charge in [0, 0.05) is 42.0 Å². The number of hydrogen-bond donors (Lipinski definition) is 4. The number of nitrogens with zero attached hydrogens (tertiary/aromatic N) is 5. The van der Waals surface area contributed by atoms with Gasteiger partial charge in [0.1, 0.15) is 0 Å². The van der Waals surface area contributed by atoms with Gasteiger partial charge in [-0.05, 0) is 55.1 Å². The van der Waals surface area contributed by atoms with Gasteiger partial charge in [0.25, 0.3) is 11.6 Å². The van der Waals surface area contributed by atoms with E-state index in [1.54, 1.807) is 48.1 Å². The third-order valence-corrected chi connectivity index (χ3v) is 9.31. The van der Waals surface area contributed by atoms with Crippen LogP contribution in [0.3, 0.4) is 0 Å². The SMILES string of the molecule is C[C@H](/C=C/CCn1cc(C(CO)c2ccccc2)nn1)[C@@]1(O)C(=O)N(Cc2ccc(NC(=O)[C@H]3CCCN3)cc2)c2ccc([N+](=O)[O-])cc21. The molecule has 13 heteroatoms. The third kappa shape index (κ3) is 7.00. The molecular weight excluding hydrogens is 626 g/mol. The normalized spacial score (nSPS) is 20.0. The summed E-state index contributed by atoms with van der Waals surface area (Å²) in [4.78, 5) is 39.1. The van der Waals surface area contributed by atoms with Gasteiger partial charge in [-0.1, -0.05) is 66.8 Å². The van der Waals surface area contributed by atoms with Crippen LogP contribution >= 0.6 is 0 Å². The van der Waals surface area contributed by atoms with Crippen molar-refractivity contribution in [1.82, 2.24) is 20.3 Å². The fraction of sp³-hybridized carbons (Fsp3) is 0.333. The van der Waals surface area contributed by atoms with Crippen molar-refractivity contribution >= 4 is 28.9 Å². The van der Waals surface area contributed by atoms with Gasteiger partial charge in [0.05, 0.1) is 41.4 Å². The number of carbonyl (C=O) groups excluding carboxylic acids is 2. The molecule has 2 aliphatic rings. The molecule has 0 radical (unpaired) electrons. The van der Waals surface area contributed by atoms with Crippen molar-refractivity contribution in [3.63, 3.8) is 0 Å². The highest BCUT2D eigenvalue weighted by Crippen LogP contribution is 2.47. The zero-order valence-corrected chi connectivity index (χ0v) is 27.1. The first kappa shape index (κ1) is 33.7. The van der Waals surface area contributed by atoms with Crippen LogP contribution in [0, 0.1) is 16.0 Å². The number of carbonyl (C=O) groups is 2. The van der Waals surface area contributed by atoms with E-state index in [0.29, 0.717) is 30.0 Å². The number of aliphatic hydroxyl groups excluding tert-OH is 1. The van der Waals surface area contributed by atoms with Crippen LogP contribution in [-0.4, -0.2) is 61.1 Å². The first-order valence-electron chi connectivity index (χ1n) is 16.4. The van der Waals surface area contributed by atoms with Crippen LogP contribution in [0.25, 0.3) is 0 Å². The van der Waals surface area contributed by atoms with E-state index in [1.807, 2.05) is 36.4 Å². The van der Waals surface area contributed by atoms with E-state index in [4.69, 9.17) is 0 Å². The Morgan fingerprint density at radius 2 is 1.96 bits per heavy atom. The molecule has 4 atom stereocenters. The molecule has 1 aromatic heterocycles. The molecule has 1 unspecified atom stereocenters. The standard InChI is InChI=1S/C36H39N7O6/c1-24(8-5-6-19-41-22-32(39-40-41)29(23-44)26-9-3-2-4-10-26)36(47)30-20-28(43(48)49)16-17-33(30)42(35(36)46)21-25-12-14-27(15-13-25)38-34(45)31-11-7-18-37-31/h2-5,8-10,12-17,20,22,24,29,31,37,44,47H,6-7,11,18-19,21,23H2,1H3,(H,38,45)/b8-5+/t24-,29?,31-,36+/m1/s1. The number of non-ortho nitro benzene ring substituents is 1. The number of rotatable bonds is 13. The van der Waals surface area contributed by atoms with Gasteiger partial charge in [-0.15, -0.1) is 5.10 Å². The van der Waals surface area contributed by atoms with Crippen molar-refractivity contribution in [3.05, 3.63) is 124 Å². The van der Waals surface area contributed by atoms with Gasteiger partial charge in [-0.25, -0.2) is 0 Å². The van der Waals surface area contributed by atoms with E-state index in [-0.39, 0.29) is 42.3 Å². The molecule has 2 amide bonds. The van der Waals surface area contributed by atoms with Crippen LogP contribution in [0.4, 0.5) is 17.1 Å². The molecule has 4 N–H and O–H groups in total. The molecule has 13 nitrogen and oxygen atoms in total. The summed E-state index contributed by atoms with van der Waals surface area (Å²) in [5.74, 6) is -1.69. The summed E-state index contributed by atoms with van der Waals surface area (Å²) in [5.41, 5.74) is 1.29. The van der Waals surface area contributed by atoms with E-state index < -0.39 is 22.3 Å². The predicted molar refractivity (Wildman–Crippen MR) is 183 cm³/mol. The smallest absolute Gasteiger partial charge is 0.269 e. The second-order valence-electron chi connectivity index (χ2n) is 12.5. The third-order valence-electron chi connectivity index (χ3n) is 9.31. The maximum absolute atomic E-state index is 14.0. The Balaban J connectivity index is 1.15. The molecule has 1 fully saturated rings. The molecule has 1 saturated heterocycles. The molecule has 0 saturated carbocycles. The Hall–Kier alpha value is -5.24. The molecule has 4 aromatic rings. The molecule has 254 valence electrons. The van der Waals surface area contributed by atoms with E-state index >= 15 is 0 Å². The Morgan fingerprint density at radius 1 is 1.18 bits per heavy atom. The number of allylic oxidation sites excluding steroid dienone is 1. The van der Waals surface area contributed by atoms with Crippen molar-refractivity contribution in [1.29, 1.82) is 0 Å². The maximum atomic E-state index is 14.0. The highest BCUT2D eigenvalue weighted by Gasteiger charge is 2.53. The second-order valence-corrected chi connectivity index (χ2v) is 12.5. The zero-order chi connectivity index (χ0) is 34.5. The summed E-state index contributed by atoms with van der Waals surface area (Å²) in [6.07, 6.45) is 7.62. The van der Waals surface area contributed by atoms with Crippen LogP contribution in [0.5, 0.6) is 0 Å². The Morgan fingerprint density at radius 3 is 2.65 bits per heavy atom. The monoisotopic (exact) mass is 665 g/mol. The lowest BCUT2D eigenvalue weighted by atomic mass is 9.82. The summed E-state index contributed by atoms with van der Waals surface area (Å²) in [7, 11) is 0. The molecule has 49 heavy (non-hydrogen) atoms. The molecule has 0 aliphatic carbocycles. The number of nitro groups is 1. The number of anilines is 2. The molecule has 3 heterocycles. The summed E-state index contributed by atoms with van der Waals surface area (Å²) >= 11 is 0. The van der Waals surface area contributed by atoms with Gasteiger partial charge < -0.3 is 25.7 Å². The van der Waals surface area contributed by atoms with Gasteiger partial charge in [-0.2, -0.15) is 0 Å². The molecular formula is C36H39N7O6. The predicted octanol–water partition coefficient (Wildman–Crippen LogP) is 4.02. The highest BCUT2D eigenvalue weighted by molar-refractivity contribution is 6.07. The van der Waals surface area contributed by atoms with Gasteiger partial charge in [0.15, 0.2) is 5.60 Å². The fourth-order valence-electron chi connectivity index (χ4n) is 6.50. The second kappa shape index (κ2) is 14.5. The number of amides is 2. The molecule has 3 aromatic carbocycles. The summed E-state index contributed by atoms with van der Waals surface area (Å²) < 4.78 is 1.67. The first-order chi connectivity index (χ1) is 23.7. The number of benzene rings is 3. The number of aliphatic hydroxyl groups is 2. The summed E-state index contributed by atoms with van der Waals surface area (Å²) in [6, 6.07) is 20.6. The molecule has 6 rings (SSSR count). The number of aryl methyl sites for hydroxylation is 1. The van der Waals surface area contributed by atoms with Crippen molar-refractivity contribution in [3.8, 4) is 0 Å². The summed E-state index contributed by atoms with van der Waals surface area (Å²) in [5, 5.41) is 48.2. The largest absolute Gasteiger partial charge is 0.395 e. The summed E-state index contributed by atoms with van der Waals surface area (Å²) in [6.45, 7) is 3.00. The number of aromatic nitrogens is 3. The quantitative estimate of drug-likeness (QED) is 0.0934. The van der Waals surface area contributed by atoms with Crippen LogP contribution in [0.15, 0.2) is 91.1 Å².